The summed E-state index contributed by atoms with van der Waals surface area (Å²) in [5, 5.41) is 3.02. The van der Waals surface area contributed by atoms with E-state index in [4.69, 9.17) is 0 Å². The average Bonchev–Trinajstić information content (AvgIpc) is 2.75. The second kappa shape index (κ2) is 8.53. The third-order valence-corrected chi connectivity index (χ3v) is 6.20. The molecular weight excluding hydrogens is 364 g/mol. The van der Waals surface area contributed by atoms with Crippen molar-refractivity contribution in [2.45, 2.75) is 24.3 Å². The zero-order chi connectivity index (χ0) is 19.3. The molecule has 0 fully saturated rings. The fraction of sp³-hybridized carbons (Fsp3) is 0.208. The van der Waals surface area contributed by atoms with Gasteiger partial charge in [0.1, 0.15) is 0 Å². The first kappa shape index (κ1) is 18.6. The number of nitrogens with one attached hydrogen (secondary N) is 1. The van der Waals surface area contributed by atoms with Crippen LogP contribution in [0.5, 0.6) is 0 Å². The lowest BCUT2D eigenvalue weighted by molar-refractivity contribution is 0.102. The Balaban J connectivity index is 1.39. The maximum Gasteiger partial charge on any atom is 0.255 e. The van der Waals surface area contributed by atoms with Crippen LogP contribution in [0.25, 0.3) is 0 Å². The zero-order valence-corrected chi connectivity index (χ0v) is 16.8. The van der Waals surface area contributed by atoms with E-state index in [0.29, 0.717) is 0 Å². The third-order valence-electron chi connectivity index (χ3n) is 5.00. The van der Waals surface area contributed by atoms with E-state index >= 15 is 0 Å². The van der Waals surface area contributed by atoms with Crippen LogP contribution in [0.2, 0.25) is 0 Å². The molecule has 0 saturated heterocycles. The Bertz CT molecular complexity index is 954. The number of carbonyl (C=O) groups is 1. The molecule has 1 aliphatic rings. The van der Waals surface area contributed by atoms with Crippen molar-refractivity contribution in [1.29, 1.82) is 0 Å². The van der Waals surface area contributed by atoms with Gasteiger partial charge in [-0.2, -0.15) is 0 Å². The van der Waals surface area contributed by atoms with E-state index in [0.717, 1.165) is 24.2 Å². The first-order chi connectivity index (χ1) is 13.7. The third kappa shape index (κ3) is 4.39. The van der Waals surface area contributed by atoms with E-state index in [1.165, 1.54) is 33.9 Å². The second-order valence-corrected chi connectivity index (χ2v) is 8.25. The molecule has 1 aliphatic heterocycles. The minimum Gasteiger partial charge on any atom is -0.370 e. The number of carbonyl (C=O) groups excluding carboxylic acids is 1. The van der Waals surface area contributed by atoms with Gasteiger partial charge in [-0.1, -0.05) is 30.3 Å². The van der Waals surface area contributed by atoms with Crippen LogP contribution < -0.4 is 10.2 Å². The molecule has 0 atom stereocenters. The number of hydrogen-bond donors (Lipinski definition) is 1. The van der Waals surface area contributed by atoms with Gasteiger partial charge in [-0.05, 0) is 72.2 Å². The molecule has 1 heterocycles. The lowest BCUT2D eigenvalue weighted by Crippen LogP contribution is -2.16. The summed E-state index contributed by atoms with van der Waals surface area (Å²) >= 11 is 1.88. The lowest BCUT2D eigenvalue weighted by atomic mass is 10.1. The van der Waals surface area contributed by atoms with E-state index in [1.807, 2.05) is 54.2 Å². The zero-order valence-electron chi connectivity index (χ0n) is 16.0. The molecule has 3 aromatic carbocycles. The average molecular weight is 389 g/mol. The number of benzene rings is 3. The van der Waals surface area contributed by atoms with Gasteiger partial charge in [-0.15, -0.1) is 11.8 Å². The topological polar surface area (TPSA) is 32.3 Å². The van der Waals surface area contributed by atoms with Crippen molar-refractivity contribution < 1.29 is 4.79 Å². The van der Waals surface area contributed by atoms with Crippen LogP contribution in [0.4, 0.5) is 11.4 Å². The first-order valence-electron chi connectivity index (χ1n) is 9.61. The highest BCUT2D eigenvalue weighted by Gasteiger charge is 2.13. The van der Waals surface area contributed by atoms with Crippen molar-refractivity contribution in [2.75, 3.05) is 23.0 Å². The Morgan fingerprint density at radius 3 is 2.61 bits per heavy atom. The van der Waals surface area contributed by atoms with E-state index in [9.17, 15) is 4.79 Å². The Morgan fingerprint density at radius 1 is 1.04 bits per heavy atom. The van der Waals surface area contributed by atoms with Gasteiger partial charge in [-0.3, -0.25) is 4.79 Å². The summed E-state index contributed by atoms with van der Waals surface area (Å²) in [6, 6.07) is 24.4. The van der Waals surface area contributed by atoms with Gasteiger partial charge in [0.2, 0.25) is 0 Å². The largest absolute Gasteiger partial charge is 0.370 e. The van der Waals surface area contributed by atoms with Crippen LogP contribution in [0, 0.1) is 0 Å². The molecule has 0 spiro atoms. The number of para-hydroxylation sites is 1. The molecule has 28 heavy (non-hydrogen) atoms. The number of rotatable bonds is 5. The van der Waals surface area contributed by atoms with Crippen molar-refractivity contribution in [3.63, 3.8) is 0 Å². The Kier molecular flexibility index (Phi) is 5.68. The highest BCUT2D eigenvalue weighted by molar-refractivity contribution is 7.99. The second-order valence-electron chi connectivity index (χ2n) is 7.12. The van der Waals surface area contributed by atoms with Gasteiger partial charge in [0.15, 0.2) is 0 Å². The van der Waals surface area contributed by atoms with Gasteiger partial charge in [0.05, 0.1) is 0 Å². The standard InChI is InChI=1S/C24H24N2OS/c1-26(22-7-3-2-4-8-22)17-18-9-12-21(13-10-18)25-24(27)20-11-14-23-19(16-20)6-5-15-28-23/h2-4,7-14,16H,5-6,15,17H2,1H3,(H,25,27). The van der Waals surface area contributed by atoms with Gasteiger partial charge in [0.25, 0.3) is 5.91 Å². The normalized spacial score (nSPS) is 12.9. The molecule has 1 N–H and O–H groups in total. The van der Waals surface area contributed by atoms with Crippen molar-refractivity contribution in [1.82, 2.24) is 0 Å². The van der Waals surface area contributed by atoms with E-state index in [2.05, 4.69) is 47.6 Å². The summed E-state index contributed by atoms with van der Waals surface area (Å²) in [6.45, 7) is 0.820. The van der Waals surface area contributed by atoms with Gasteiger partial charge < -0.3 is 10.2 Å². The van der Waals surface area contributed by atoms with Crippen LogP contribution in [0.15, 0.2) is 77.7 Å². The molecule has 0 bridgehead atoms. The maximum absolute atomic E-state index is 12.6. The summed E-state index contributed by atoms with van der Waals surface area (Å²) in [5.41, 5.74) is 5.24. The lowest BCUT2D eigenvalue weighted by Gasteiger charge is -2.19. The molecule has 4 rings (SSSR count). The number of hydrogen-bond acceptors (Lipinski definition) is 3. The van der Waals surface area contributed by atoms with E-state index in [-0.39, 0.29) is 5.91 Å². The number of amides is 1. The summed E-state index contributed by atoms with van der Waals surface area (Å²) < 4.78 is 0. The quantitative estimate of drug-likeness (QED) is 0.616. The number of thioether (sulfide) groups is 1. The molecule has 142 valence electrons. The van der Waals surface area contributed by atoms with Crippen LogP contribution in [-0.2, 0) is 13.0 Å². The van der Waals surface area contributed by atoms with Crippen molar-refractivity contribution in [2.24, 2.45) is 0 Å². The maximum atomic E-state index is 12.6. The van der Waals surface area contributed by atoms with Gasteiger partial charge in [-0.25, -0.2) is 0 Å². The van der Waals surface area contributed by atoms with Crippen molar-refractivity contribution >= 4 is 29.0 Å². The van der Waals surface area contributed by atoms with Crippen LogP contribution in [0.3, 0.4) is 0 Å². The molecule has 0 saturated carbocycles. The molecule has 0 aliphatic carbocycles. The molecular formula is C24H24N2OS. The Labute approximate surface area is 170 Å². The van der Waals surface area contributed by atoms with Crippen molar-refractivity contribution in [3.05, 3.63) is 89.5 Å². The van der Waals surface area contributed by atoms with Gasteiger partial charge in [0, 0.05) is 35.4 Å². The molecule has 3 nitrogen and oxygen atoms in total. The highest BCUT2D eigenvalue weighted by Crippen LogP contribution is 2.30. The predicted molar refractivity (Wildman–Crippen MR) is 118 cm³/mol. The van der Waals surface area contributed by atoms with E-state index < -0.39 is 0 Å². The summed E-state index contributed by atoms with van der Waals surface area (Å²) in [6.07, 6.45) is 2.24. The number of nitrogens with zero attached hydrogens (tertiary/aromatic N) is 1. The van der Waals surface area contributed by atoms with Crippen LogP contribution >= 0.6 is 11.8 Å². The minimum atomic E-state index is -0.0486. The smallest absolute Gasteiger partial charge is 0.255 e. The fourth-order valence-corrected chi connectivity index (χ4v) is 4.47. The number of anilines is 2. The predicted octanol–water partition coefficient (Wildman–Crippen LogP) is 5.61. The van der Waals surface area contributed by atoms with Crippen molar-refractivity contribution in [3.8, 4) is 0 Å². The highest BCUT2D eigenvalue weighted by atomic mass is 32.2. The number of fused-ring (bicyclic) bond motifs is 1. The van der Waals surface area contributed by atoms with E-state index in [1.54, 1.807) is 0 Å². The van der Waals surface area contributed by atoms with Gasteiger partial charge >= 0.3 is 0 Å². The first-order valence-corrected chi connectivity index (χ1v) is 10.6. The summed E-state index contributed by atoms with van der Waals surface area (Å²) in [5.74, 6) is 1.12. The molecule has 0 unspecified atom stereocenters. The number of aryl methyl sites for hydroxylation is 1. The van der Waals surface area contributed by atoms with Crippen LogP contribution in [-0.4, -0.2) is 18.7 Å². The summed E-state index contributed by atoms with van der Waals surface area (Å²) in [7, 11) is 2.08. The minimum absolute atomic E-state index is 0.0486. The fourth-order valence-electron chi connectivity index (χ4n) is 3.45. The monoisotopic (exact) mass is 388 g/mol. The van der Waals surface area contributed by atoms with Crippen LogP contribution in [0.1, 0.15) is 27.9 Å². The molecule has 1 amide bonds. The SMILES string of the molecule is CN(Cc1ccc(NC(=O)c2ccc3c(c2)CCCS3)cc1)c1ccccc1. The molecule has 0 aromatic heterocycles. The molecule has 3 aromatic rings. The molecule has 0 radical (unpaired) electrons. The Hall–Kier alpha value is -2.72. The Morgan fingerprint density at radius 2 is 1.82 bits per heavy atom. The molecule has 4 heteroatoms. The summed E-state index contributed by atoms with van der Waals surface area (Å²) in [4.78, 5) is 16.1.